The number of hydrogen-bond donors (Lipinski definition) is 1. The molecule has 7 nitrogen and oxygen atoms in total. The number of benzene rings is 1. The molecule has 0 saturated carbocycles. The van der Waals surface area contributed by atoms with Crippen LogP contribution >= 0.6 is 0 Å². The maximum absolute atomic E-state index is 12.9. The molecule has 0 bridgehead atoms. The topological polar surface area (TPSA) is 82.5 Å². The molecular formula is C16H18FN3O4. The summed E-state index contributed by atoms with van der Waals surface area (Å²) in [6, 6.07) is 8.30. The summed E-state index contributed by atoms with van der Waals surface area (Å²) in [5.74, 6) is -0.819. The van der Waals surface area contributed by atoms with Gasteiger partial charge in [-0.1, -0.05) is 12.1 Å². The number of methoxy groups -OCH3 is 2. The molecule has 2 aromatic rings. The molecule has 0 unspecified atom stereocenters. The average Bonchev–Trinajstić information content (AvgIpc) is 2.59. The predicted octanol–water partition coefficient (Wildman–Crippen LogP) is 0.779. The fourth-order valence-corrected chi connectivity index (χ4v) is 1.98. The minimum absolute atomic E-state index is 0.0858. The van der Waals surface area contributed by atoms with E-state index in [0.29, 0.717) is 5.56 Å². The quantitative estimate of drug-likeness (QED) is 0.756. The van der Waals surface area contributed by atoms with Crippen LogP contribution in [0.3, 0.4) is 0 Å². The lowest BCUT2D eigenvalue weighted by Gasteiger charge is -2.14. The molecule has 2 rings (SSSR count). The molecule has 8 heteroatoms. The number of ether oxygens (including phenoxy) is 2. The van der Waals surface area contributed by atoms with E-state index in [4.69, 9.17) is 9.47 Å². The van der Waals surface area contributed by atoms with E-state index in [2.05, 4.69) is 10.4 Å². The second-order valence-corrected chi connectivity index (χ2v) is 4.95. The third-order valence-corrected chi connectivity index (χ3v) is 3.30. The predicted molar refractivity (Wildman–Crippen MR) is 84.1 cm³/mol. The first-order chi connectivity index (χ1) is 11.5. The third-order valence-electron chi connectivity index (χ3n) is 3.30. The second-order valence-electron chi connectivity index (χ2n) is 4.95. The van der Waals surface area contributed by atoms with E-state index in [9.17, 15) is 14.0 Å². The Morgan fingerprint density at radius 1 is 1.21 bits per heavy atom. The first kappa shape index (κ1) is 17.8. The van der Waals surface area contributed by atoms with E-state index < -0.39 is 12.2 Å². The summed E-state index contributed by atoms with van der Waals surface area (Å²) in [6.07, 6.45) is -0.570. The molecule has 0 atom stereocenters. The van der Waals surface area contributed by atoms with E-state index in [-0.39, 0.29) is 30.2 Å². The van der Waals surface area contributed by atoms with E-state index >= 15 is 0 Å². The Morgan fingerprint density at radius 2 is 1.88 bits per heavy atom. The monoisotopic (exact) mass is 335 g/mol. The molecule has 24 heavy (non-hydrogen) atoms. The first-order valence-corrected chi connectivity index (χ1v) is 7.20. The number of aromatic nitrogens is 2. The zero-order chi connectivity index (χ0) is 17.5. The summed E-state index contributed by atoms with van der Waals surface area (Å²) in [5, 5.41) is 6.64. The molecule has 0 radical (unpaired) electrons. The van der Waals surface area contributed by atoms with Crippen molar-refractivity contribution >= 4 is 5.91 Å². The highest BCUT2D eigenvalue weighted by Crippen LogP contribution is 2.04. The van der Waals surface area contributed by atoms with E-state index in [1.807, 2.05) is 0 Å². The molecule has 0 aliphatic carbocycles. The number of amides is 1. The minimum Gasteiger partial charge on any atom is -0.354 e. The summed E-state index contributed by atoms with van der Waals surface area (Å²) in [4.78, 5) is 24.0. The van der Waals surface area contributed by atoms with Crippen molar-refractivity contribution in [2.45, 2.75) is 12.8 Å². The van der Waals surface area contributed by atoms with Gasteiger partial charge in [-0.2, -0.15) is 5.10 Å². The molecular weight excluding hydrogens is 317 g/mol. The molecule has 1 aromatic heterocycles. The molecule has 0 aliphatic rings. The van der Waals surface area contributed by atoms with Gasteiger partial charge in [-0.25, -0.2) is 9.07 Å². The number of halogens is 1. The summed E-state index contributed by atoms with van der Waals surface area (Å²) >= 11 is 0. The number of nitrogens with one attached hydrogen (secondary N) is 1. The molecule has 0 fully saturated rings. The van der Waals surface area contributed by atoms with Gasteiger partial charge in [0.2, 0.25) is 0 Å². The van der Waals surface area contributed by atoms with Gasteiger partial charge in [0.1, 0.15) is 11.5 Å². The van der Waals surface area contributed by atoms with Crippen molar-refractivity contribution in [3.05, 3.63) is 63.8 Å². The van der Waals surface area contributed by atoms with Crippen LogP contribution in [0, 0.1) is 5.82 Å². The first-order valence-electron chi connectivity index (χ1n) is 7.20. The number of carbonyl (C=O) groups excluding carboxylic acids is 1. The summed E-state index contributed by atoms with van der Waals surface area (Å²) in [5.41, 5.74) is 0.424. The smallest absolute Gasteiger partial charge is 0.271 e. The number of hydrogen-bond acceptors (Lipinski definition) is 5. The van der Waals surface area contributed by atoms with Crippen molar-refractivity contribution in [1.29, 1.82) is 0 Å². The fraction of sp³-hybridized carbons (Fsp3) is 0.312. The van der Waals surface area contributed by atoms with Gasteiger partial charge >= 0.3 is 0 Å². The Kier molecular flexibility index (Phi) is 6.16. The van der Waals surface area contributed by atoms with Gasteiger partial charge in [0.15, 0.2) is 6.29 Å². The van der Waals surface area contributed by atoms with Crippen LogP contribution in [0.4, 0.5) is 4.39 Å². The van der Waals surface area contributed by atoms with Crippen LogP contribution in [-0.2, 0) is 16.0 Å². The average molecular weight is 335 g/mol. The summed E-state index contributed by atoms with van der Waals surface area (Å²) < 4.78 is 24.0. The normalized spacial score (nSPS) is 10.8. The SMILES string of the molecule is COC(CNC(=O)c1ccc(=O)n(Cc2ccc(F)cc2)n1)OC. The molecule has 0 spiro atoms. The molecule has 1 amide bonds. The van der Waals surface area contributed by atoms with Crippen molar-refractivity contribution in [2.75, 3.05) is 20.8 Å². The van der Waals surface area contributed by atoms with Crippen molar-refractivity contribution in [1.82, 2.24) is 15.1 Å². The van der Waals surface area contributed by atoms with E-state index in [0.717, 1.165) is 4.68 Å². The van der Waals surface area contributed by atoms with Gasteiger partial charge in [-0.15, -0.1) is 0 Å². The minimum atomic E-state index is -0.570. The Labute approximate surface area is 138 Å². The van der Waals surface area contributed by atoms with Crippen molar-refractivity contribution in [2.24, 2.45) is 0 Å². The Morgan fingerprint density at radius 3 is 2.50 bits per heavy atom. The number of carbonyl (C=O) groups is 1. The Bertz CT molecular complexity index is 742. The second kappa shape index (κ2) is 8.32. The lowest BCUT2D eigenvalue weighted by molar-refractivity contribution is -0.0974. The maximum Gasteiger partial charge on any atom is 0.271 e. The zero-order valence-corrected chi connectivity index (χ0v) is 13.4. The largest absolute Gasteiger partial charge is 0.354 e. The number of rotatable bonds is 7. The number of nitrogens with zero attached hydrogens (tertiary/aromatic N) is 2. The van der Waals surface area contributed by atoms with E-state index in [1.54, 1.807) is 12.1 Å². The van der Waals surface area contributed by atoms with Crippen LogP contribution in [0.2, 0.25) is 0 Å². The van der Waals surface area contributed by atoms with Crippen LogP contribution in [0.25, 0.3) is 0 Å². The molecule has 1 N–H and O–H groups in total. The van der Waals surface area contributed by atoms with Crippen LogP contribution in [-0.4, -0.2) is 42.7 Å². The van der Waals surface area contributed by atoms with Crippen LogP contribution in [0.5, 0.6) is 0 Å². The van der Waals surface area contributed by atoms with Crippen molar-refractivity contribution < 1.29 is 18.7 Å². The van der Waals surface area contributed by atoms with Crippen molar-refractivity contribution in [3.8, 4) is 0 Å². The van der Waals surface area contributed by atoms with Crippen LogP contribution in [0.1, 0.15) is 16.1 Å². The lowest BCUT2D eigenvalue weighted by Crippen LogP contribution is -2.36. The van der Waals surface area contributed by atoms with Gasteiger partial charge in [-0.3, -0.25) is 9.59 Å². The summed E-state index contributed by atoms with van der Waals surface area (Å²) in [6.45, 7) is 0.281. The van der Waals surface area contributed by atoms with Gasteiger partial charge in [0, 0.05) is 20.3 Å². The molecule has 0 aliphatic heterocycles. The van der Waals surface area contributed by atoms with Gasteiger partial charge in [-0.05, 0) is 23.8 Å². The molecule has 0 saturated heterocycles. The van der Waals surface area contributed by atoms with Crippen LogP contribution < -0.4 is 10.9 Å². The zero-order valence-electron chi connectivity index (χ0n) is 13.4. The molecule has 1 aromatic carbocycles. The molecule has 1 heterocycles. The highest BCUT2D eigenvalue weighted by molar-refractivity contribution is 5.91. The highest BCUT2D eigenvalue weighted by atomic mass is 19.1. The van der Waals surface area contributed by atoms with Gasteiger partial charge in [0.05, 0.1) is 13.1 Å². The fourth-order valence-electron chi connectivity index (χ4n) is 1.98. The molecule has 128 valence electrons. The maximum atomic E-state index is 12.9. The highest BCUT2D eigenvalue weighted by Gasteiger charge is 2.12. The Hall–Kier alpha value is -2.58. The van der Waals surface area contributed by atoms with Crippen molar-refractivity contribution in [3.63, 3.8) is 0 Å². The Balaban J connectivity index is 2.11. The third kappa shape index (κ3) is 4.71. The summed E-state index contributed by atoms with van der Waals surface area (Å²) in [7, 11) is 2.92. The van der Waals surface area contributed by atoms with Crippen LogP contribution in [0.15, 0.2) is 41.2 Å². The standard InChI is InChI=1S/C16H18FN3O4/c1-23-15(24-2)9-18-16(22)13-7-8-14(21)20(19-13)10-11-3-5-12(17)6-4-11/h3-8,15H,9-10H2,1-2H3,(H,18,22). The lowest BCUT2D eigenvalue weighted by atomic mass is 10.2. The van der Waals surface area contributed by atoms with Gasteiger partial charge in [0.25, 0.3) is 11.5 Å². The van der Waals surface area contributed by atoms with Gasteiger partial charge < -0.3 is 14.8 Å². The van der Waals surface area contributed by atoms with E-state index in [1.165, 1.54) is 38.5 Å².